The molecule has 0 saturated heterocycles. The van der Waals surface area contributed by atoms with Crippen LogP contribution in [0.5, 0.6) is 0 Å². The van der Waals surface area contributed by atoms with Crippen molar-refractivity contribution in [2.45, 2.75) is 52.4 Å². The molecule has 0 fully saturated rings. The molecule has 2 aromatic heterocycles. The Hall–Kier alpha value is -3.39. The van der Waals surface area contributed by atoms with E-state index in [1.165, 1.54) is 11.8 Å². The first-order valence-corrected chi connectivity index (χ1v) is 12.7. The molecule has 0 aliphatic rings. The van der Waals surface area contributed by atoms with Crippen LogP contribution in [-0.4, -0.2) is 38.0 Å². The molecule has 4 rings (SSSR count). The van der Waals surface area contributed by atoms with Crippen molar-refractivity contribution in [3.8, 4) is 0 Å². The Balaban J connectivity index is 1.71. The Morgan fingerprint density at radius 3 is 2.54 bits per heavy atom. The molecule has 4 aromatic rings. The lowest BCUT2D eigenvalue weighted by atomic mass is 10.1. The average Bonchev–Trinajstić information content (AvgIpc) is 3.14. The number of thioether (sulfide) groups is 1. The minimum Gasteiger partial charge on any atom is -0.358 e. The molecule has 2 heterocycles. The molecular weight excluding hydrogens is 460 g/mol. The number of H-pyrrole nitrogens is 1. The van der Waals surface area contributed by atoms with Crippen LogP contribution in [0.4, 0.5) is 0 Å². The summed E-state index contributed by atoms with van der Waals surface area (Å²) in [5.41, 5.74) is 3.14. The van der Waals surface area contributed by atoms with Crippen molar-refractivity contribution in [3.63, 3.8) is 0 Å². The zero-order valence-electron chi connectivity index (χ0n) is 20.6. The van der Waals surface area contributed by atoms with Gasteiger partial charge in [0.1, 0.15) is 0 Å². The summed E-state index contributed by atoms with van der Waals surface area (Å²) in [6.45, 7) is 10.2. The standard InChI is InChI=1S/C27H30N4O3S/c1-15(2)13-31-26(34)20-11-10-18(25(33)28-16(3)4)12-22(20)30-27(31)35-14-23(32)24-17(5)29-21-9-7-6-8-19(21)24/h6-12,15-16,29H,13-14H2,1-5H3,(H,28,33). The fourth-order valence-electron chi connectivity index (χ4n) is 4.16. The minimum atomic E-state index is -0.214. The van der Waals surface area contributed by atoms with Crippen molar-refractivity contribution in [2.75, 3.05) is 5.75 Å². The molecule has 7 nitrogen and oxygen atoms in total. The third-order valence-corrected chi connectivity index (χ3v) is 6.63. The number of fused-ring (bicyclic) bond motifs is 2. The van der Waals surface area contributed by atoms with Crippen molar-refractivity contribution in [3.05, 3.63) is 69.6 Å². The number of amides is 1. The number of hydrogen-bond donors (Lipinski definition) is 2. The van der Waals surface area contributed by atoms with Gasteiger partial charge in [-0.25, -0.2) is 4.98 Å². The third-order valence-electron chi connectivity index (χ3n) is 5.65. The van der Waals surface area contributed by atoms with Gasteiger partial charge < -0.3 is 10.3 Å². The van der Waals surface area contributed by atoms with Crippen LogP contribution < -0.4 is 10.9 Å². The molecule has 35 heavy (non-hydrogen) atoms. The second-order valence-corrected chi connectivity index (χ2v) is 10.4. The maximum absolute atomic E-state index is 13.4. The van der Waals surface area contributed by atoms with E-state index in [1.807, 2.05) is 58.9 Å². The highest BCUT2D eigenvalue weighted by Gasteiger charge is 2.19. The van der Waals surface area contributed by atoms with E-state index in [0.717, 1.165) is 16.6 Å². The number of rotatable bonds is 8. The lowest BCUT2D eigenvalue weighted by Gasteiger charge is -2.15. The van der Waals surface area contributed by atoms with E-state index in [2.05, 4.69) is 10.3 Å². The Kier molecular flexibility index (Phi) is 7.12. The van der Waals surface area contributed by atoms with Gasteiger partial charge in [0.2, 0.25) is 0 Å². The third kappa shape index (κ3) is 5.17. The number of aryl methyl sites for hydroxylation is 1. The fraction of sp³-hybridized carbons (Fsp3) is 0.333. The van der Waals surface area contributed by atoms with Gasteiger partial charge in [0.25, 0.3) is 11.5 Å². The predicted octanol–water partition coefficient (Wildman–Crippen LogP) is 4.96. The molecule has 0 saturated carbocycles. The topological polar surface area (TPSA) is 96.8 Å². The predicted molar refractivity (Wildman–Crippen MR) is 142 cm³/mol. The van der Waals surface area contributed by atoms with Crippen molar-refractivity contribution >= 4 is 45.3 Å². The van der Waals surface area contributed by atoms with Gasteiger partial charge in [-0.05, 0) is 51.0 Å². The van der Waals surface area contributed by atoms with Gasteiger partial charge in [-0.2, -0.15) is 0 Å². The Labute approximate surface area is 208 Å². The monoisotopic (exact) mass is 490 g/mol. The number of nitrogens with zero attached hydrogens (tertiary/aromatic N) is 2. The summed E-state index contributed by atoms with van der Waals surface area (Å²) in [5.74, 6) is 0.121. The van der Waals surface area contributed by atoms with Gasteiger partial charge in [-0.1, -0.05) is 43.8 Å². The summed E-state index contributed by atoms with van der Waals surface area (Å²) in [6, 6.07) is 12.7. The number of benzene rings is 2. The Bertz CT molecular complexity index is 1480. The van der Waals surface area contributed by atoms with E-state index >= 15 is 0 Å². The minimum absolute atomic E-state index is 0.00435. The van der Waals surface area contributed by atoms with Crippen molar-refractivity contribution in [2.24, 2.45) is 5.92 Å². The zero-order chi connectivity index (χ0) is 25.3. The van der Waals surface area contributed by atoms with E-state index in [1.54, 1.807) is 22.8 Å². The molecule has 182 valence electrons. The molecule has 0 aliphatic heterocycles. The molecule has 1 amide bonds. The van der Waals surface area contributed by atoms with Crippen LogP contribution in [0.2, 0.25) is 0 Å². The van der Waals surface area contributed by atoms with Gasteiger partial charge in [0.15, 0.2) is 10.9 Å². The zero-order valence-corrected chi connectivity index (χ0v) is 21.5. The first-order valence-electron chi connectivity index (χ1n) is 11.7. The number of Topliss-reactive ketones (excluding diaryl/α,β-unsaturated/α-hetero) is 1. The second kappa shape index (κ2) is 10.1. The molecule has 0 spiro atoms. The molecule has 0 bridgehead atoms. The number of aromatic amines is 1. The normalized spacial score (nSPS) is 11.6. The average molecular weight is 491 g/mol. The van der Waals surface area contributed by atoms with E-state index in [0.29, 0.717) is 33.7 Å². The molecule has 0 unspecified atom stereocenters. The fourth-order valence-corrected chi connectivity index (χ4v) is 5.04. The van der Waals surface area contributed by atoms with Crippen LogP contribution in [0.1, 0.15) is 54.1 Å². The van der Waals surface area contributed by atoms with Crippen LogP contribution in [-0.2, 0) is 6.54 Å². The smallest absolute Gasteiger partial charge is 0.262 e. The number of ketones is 1. The molecule has 0 aliphatic carbocycles. The van der Waals surface area contributed by atoms with Gasteiger partial charge in [0.05, 0.1) is 16.7 Å². The highest BCUT2D eigenvalue weighted by atomic mass is 32.2. The summed E-state index contributed by atoms with van der Waals surface area (Å²) < 4.78 is 1.64. The van der Waals surface area contributed by atoms with E-state index < -0.39 is 0 Å². The van der Waals surface area contributed by atoms with Crippen LogP contribution in [0.25, 0.3) is 21.8 Å². The number of carbonyl (C=O) groups is 2. The molecule has 8 heteroatoms. The van der Waals surface area contributed by atoms with Gasteiger partial charge in [-0.3, -0.25) is 19.0 Å². The summed E-state index contributed by atoms with van der Waals surface area (Å²) >= 11 is 1.25. The number of nitrogens with one attached hydrogen (secondary N) is 2. The number of hydrogen-bond acceptors (Lipinski definition) is 5. The largest absolute Gasteiger partial charge is 0.358 e. The Morgan fingerprint density at radius 2 is 1.83 bits per heavy atom. The lowest BCUT2D eigenvalue weighted by Crippen LogP contribution is -2.30. The summed E-state index contributed by atoms with van der Waals surface area (Å²) in [6.07, 6.45) is 0. The molecule has 2 aromatic carbocycles. The maximum Gasteiger partial charge on any atom is 0.262 e. The number of carbonyl (C=O) groups excluding carboxylic acids is 2. The number of para-hydroxylation sites is 1. The highest BCUT2D eigenvalue weighted by Crippen LogP contribution is 2.26. The van der Waals surface area contributed by atoms with Crippen LogP contribution in [0.15, 0.2) is 52.4 Å². The van der Waals surface area contributed by atoms with Gasteiger partial charge in [-0.15, -0.1) is 0 Å². The van der Waals surface area contributed by atoms with E-state index in [-0.39, 0.29) is 35.0 Å². The molecule has 0 radical (unpaired) electrons. The molecule has 2 N–H and O–H groups in total. The van der Waals surface area contributed by atoms with Gasteiger partial charge >= 0.3 is 0 Å². The van der Waals surface area contributed by atoms with Crippen LogP contribution in [0, 0.1) is 12.8 Å². The molecule has 0 atom stereocenters. The van der Waals surface area contributed by atoms with Crippen molar-refractivity contribution in [1.29, 1.82) is 0 Å². The summed E-state index contributed by atoms with van der Waals surface area (Å²) in [4.78, 5) is 47.1. The second-order valence-electron chi connectivity index (χ2n) is 9.45. The molecular formula is C27H30N4O3S. The van der Waals surface area contributed by atoms with E-state index in [9.17, 15) is 14.4 Å². The van der Waals surface area contributed by atoms with Crippen molar-refractivity contribution < 1.29 is 9.59 Å². The summed E-state index contributed by atoms with van der Waals surface area (Å²) in [7, 11) is 0. The Morgan fingerprint density at radius 1 is 1.09 bits per heavy atom. The van der Waals surface area contributed by atoms with Crippen LogP contribution >= 0.6 is 11.8 Å². The quantitative estimate of drug-likeness (QED) is 0.207. The lowest BCUT2D eigenvalue weighted by molar-refractivity contribution is 0.0942. The van der Waals surface area contributed by atoms with Crippen molar-refractivity contribution in [1.82, 2.24) is 19.9 Å². The highest BCUT2D eigenvalue weighted by molar-refractivity contribution is 7.99. The SMILES string of the molecule is Cc1[nH]c2ccccc2c1C(=O)CSc1nc2cc(C(=O)NC(C)C)ccc2c(=O)n1CC(C)C. The number of aromatic nitrogens is 3. The van der Waals surface area contributed by atoms with Gasteiger partial charge in [0, 0.05) is 40.3 Å². The van der Waals surface area contributed by atoms with Crippen LogP contribution in [0.3, 0.4) is 0 Å². The first-order chi connectivity index (χ1) is 16.7. The van der Waals surface area contributed by atoms with E-state index in [4.69, 9.17) is 4.98 Å². The maximum atomic E-state index is 13.4. The first kappa shape index (κ1) is 24.7. The summed E-state index contributed by atoms with van der Waals surface area (Å²) in [5, 5.41) is 4.68.